The molecule has 1 heteroatoms. The summed E-state index contributed by atoms with van der Waals surface area (Å²) in [6.45, 7) is 4.50. The average molecular weight is 282 g/mol. The van der Waals surface area contributed by atoms with E-state index in [1.54, 1.807) is 12.1 Å². The average Bonchev–Trinajstić information content (AvgIpc) is 2.61. The van der Waals surface area contributed by atoms with Gasteiger partial charge in [-0.25, -0.2) is 4.39 Å². The highest BCUT2D eigenvalue weighted by atomic mass is 19.1. The van der Waals surface area contributed by atoms with Crippen LogP contribution in [0.1, 0.15) is 67.2 Å². The molecule has 1 aliphatic carbocycles. The largest absolute Gasteiger partial charge is 0.207 e. The molecule has 0 fully saturated rings. The number of benzene rings is 2. The normalized spacial score (nSPS) is 20.5. The lowest BCUT2D eigenvalue weighted by molar-refractivity contribution is 0.510. The molecule has 0 spiro atoms. The van der Waals surface area contributed by atoms with Crippen molar-refractivity contribution >= 4 is 0 Å². The van der Waals surface area contributed by atoms with Crippen LogP contribution in [0.4, 0.5) is 4.39 Å². The van der Waals surface area contributed by atoms with Crippen LogP contribution < -0.4 is 0 Å². The van der Waals surface area contributed by atoms with Gasteiger partial charge in [0.25, 0.3) is 0 Å². The Morgan fingerprint density at radius 3 is 2.62 bits per heavy atom. The molecule has 1 aliphatic rings. The van der Waals surface area contributed by atoms with E-state index >= 15 is 0 Å². The fraction of sp³-hybridized carbons (Fsp3) is 0.400. The summed E-state index contributed by atoms with van der Waals surface area (Å²) in [5.41, 5.74) is 5.37. The highest BCUT2D eigenvalue weighted by Gasteiger charge is 2.28. The summed E-state index contributed by atoms with van der Waals surface area (Å²) < 4.78 is 13.7. The van der Waals surface area contributed by atoms with Crippen molar-refractivity contribution in [1.29, 1.82) is 0 Å². The first-order valence-electron chi connectivity index (χ1n) is 8.06. The molecule has 110 valence electrons. The molecule has 21 heavy (non-hydrogen) atoms. The van der Waals surface area contributed by atoms with Crippen molar-refractivity contribution < 1.29 is 4.39 Å². The quantitative estimate of drug-likeness (QED) is 0.666. The number of unbranched alkanes of at least 4 members (excludes halogenated alkanes) is 1. The van der Waals surface area contributed by atoms with Gasteiger partial charge in [0.05, 0.1) is 0 Å². The third-order valence-electron chi connectivity index (χ3n) is 4.91. The van der Waals surface area contributed by atoms with Crippen LogP contribution in [-0.4, -0.2) is 0 Å². The van der Waals surface area contributed by atoms with Crippen molar-refractivity contribution in [1.82, 2.24) is 0 Å². The van der Waals surface area contributed by atoms with Gasteiger partial charge in [-0.15, -0.1) is 0 Å². The van der Waals surface area contributed by atoms with Crippen molar-refractivity contribution in [2.24, 2.45) is 0 Å². The number of halogens is 1. The van der Waals surface area contributed by atoms with Crippen molar-refractivity contribution in [3.63, 3.8) is 0 Å². The molecule has 0 N–H and O–H groups in total. The molecular weight excluding hydrogens is 259 g/mol. The van der Waals surface area contributed by atoms with Crippen molar-refractivity contribution in [3.8, 4) is 0 Å². The monoisotopic (exact) mass is 282 g/mol. The van der Waals surface area contributed by atoms with Crippen LogP contribution in [-0.2, 0) is 6.42 Å². The summed E-state index contributed by atoms with van der Waals surface area (Å²) in [4.78, 5) is 0. The van der Waals surface area contributed by atoms with E-state index in [1.165, 1.54) is 41.5 Å². The summed E-state index contributed by atoms with van der Waals surface area (Å²) >= 11 is 0. The molecule has 0 saturated carbocycles. The minimum atomic E-state index is -0.110. The first-order chi connectivity index (χ1) is 10.2. The van der Waals surface area contributed by atoms with Crippen LogP contribution >= 0.6 is 0 Å². The second-order valence-electron chi connectivity index (χ2n) is 6.26. The summed E-state index contributed by atoms with van der Waals surface area (Å²) in [5, 5.41) is 0. The van der Waals surface area contributed by atoms with E-state index in [2.05, 4.69) is 38.1 Å². The van der Waals surface area contributed by atoms with Gasteiger partial charge >= 0.3 is 0 Å². The number of hydrogen-bond acceptors (Lipinski definition) is 0. The van der Waals surface area contributed by atoms with Gasteiger partial charge in [0.1, 0.15) is 5.82 Å². The molecule has 2 aromatic rings. The summed E-state index contributed by atoms with van der Waals surface area (Å²) in [6, 6.07) is 14.1. The van der Waals surface area contributed by atoms with Crippen LogP contribution in [0.15, 0.2) is 42.5 Å². The summed E-state index contributed by atoms with van der Waals surface area (Å²) in [7, 11) is 0. The predicted molar refractivity (Wildman–Crippen MR) is 86.3 cm³/mol. The molecule has 2 aromatic carbocycles. The van der Waals surface area contributed by atoms with Gasteiger partial charge in [-0.05, 0) is 59.1 Å². The Morgan fingerprint density at radius 1 is 1.05 bits per heavy atom. The van der Waals surface area contributed by atoms with Gasteiger partial charge in [-0.3, -0.25) is 0 Å². The zero-order chi connectivity index (χ0) is 14.8. The lowest BCUT2D eigenvalue weighted by Crippen LogP contribution is -2.09. The Balaban J connectivity index is 2.10. The van der Waals surface area contributed by atoms with Gasteiger partial charge in [-0.1, -0.05) is 57.0 Å². The van der Waals surface area contributed by atoms with Gasteiger partial charge in [0, 0.05) is 0 Å². The third kappa shape index (κ3) is 2.74. The maximum absolute atomic E-state index is 13.7. The second-order valence-corrected chi connectivity index (χ2v) is 6.26. The molecule has 3 rings (SSSR count). The summed E-state index contributed by atoms with van der Waals surface area (Å²) in [6.07, 6.45) is 4.55. The Morgan fingerprint density at radius 2 is 1.81 bits per heavy atom. The van der Waals surface area contributed by atoms with Crippen molar-refractivity contribution in [2.45, 2.75) is 51.4 Å². The van der Waals surface area contributed by atoms with Gasteiger partial charge in [-0.2, -0.15) is 0 Å². The third-order valence-corrected chi connectivity index (χ3v) is 4.91. The van der Waals surface area contributed by atoms with E-state index in [-0.39, 0.29) is 5.82 Å². The highest BCUT2D eigenvalue weighted by molar-refractivity contribution is 5.45. The predicted octanol–water partition coefficient (Wildman–Crippen LogP) is 5.81. The SMILES string of the molecule is CCCC[C@@H]1c2ccccc2Cc2ccc(F)cc2C1C. The van der Waals surface area contributed by atoms with Gasteiger partial charge in [0.2, 0.25) is 0 Å². The van der Waals surface area contributed by atoms with Crippen LogP contribution in [0.25, 0.3) is 0 Å². The van der Waals surface area contributed by atoms with E-state index in [9.17, 15) is 4.39 Å². The standard InChI is InChI=1S/C20H23F/c1-3-4-8-18-14(2)20-13-17(21)11-10-16(20)12-15-7-5-6-9-19(15)18/h5-7,9-11,13-14,18H,3-4,8,12H2,1-2H3/t14?,18-/m0/s1. The van der Waals surface area contributed by atoms with E-state index in [0.717, 1.165) is 6.42 Å². The van der Waals surface area contributed by atoms with Gasteiger partial charge < -0.3 is 0 Å². The molecule has 0 nitrogen and oxygen atoms in total. The molecule has 2 atom stereocenters. The molecule has 0 amide bonds. The van der Waals surface area contributed by atoms with E-state index < -0.39 is 0 Å². The molecule has 1 unspecified atom stereocenters. The Bertz CT molecular complexity index is 629. The smallest absolute Gasteiger partial charge is 0.123 e. The van der Waals surface area contributed by atoms with Crippen LogP contribution in [0.3, 0.4) is 0 Å². The molecule has 0 heterocycles. The van der Waals surface area contributed by atoms with Crippen LogP contribution in [0.2, 0.25) is 0 Å². The van der Waals surface area contributed by atoms with E-state index in [1.807, 2.05) is 6.07 Å². The zero-order valence-corrected chi connectivity index (χ0v) is 12.9. The van der Waals surface area contributed by atoms with E-state index in [4.69, 9.17) is 0 Å². The Kier molecular flexibility index (Phi) is 4.10. The maximum atomic E-state index is 13.7. The fourth-order valence-corrected chi connectivity index (χ4v) is 3.73. The first-order valence-corrected chi connectivity index (χ1v) is 8.06. The number of fused-ring (bicyclic) bond motifs is 2. The van der Waals surface area contributed by atoms with Crippen molar-refractivity contribution in [2.75, 3.05) is 0 Å². The van der Waals surface area contributed by atoms with Gasteiger partial charge in [0.15, 0.2) is 0 Å². The summed E-state index contributed by atoms with van der Waals surface area (Å²) in [5.74, 6) is 0.774. The Labute approximate surface area is 127 Å². The molecular formula is C20H23F. The molecule has 0 saturated heterocycles. The molecule has 0 radical (unpaired) electrons. The molecule has 0 aliphatic heterocycles. The fourth-order valence-electron chi connectivity index (χ4n) is 3.73. The Hall–Kier alpha value is -1.63. The lowest BCUT2D eigenvalue weighted by atomic mass is 9.80. The minimum Gasteiger partial charge on any atom is -0.207 e. The first kappa shape index (κ1) is 14.3. The minimum absolute atomic E-state index is 0.110. The lowest BCUT2D eigenvalue weighted by Gasteiger charge is -2.25. The van der Waals surface area contributed by atoms with E-state index in [0.29, 0.717) is 11.8 Å². The maximum Gasteiger partial charge on any atom is 0.123 e. The second kappa shape index (κ2) is 6.01. The zero-order valence-electron chi connectivity index (χ0n) is 12.9. The van der Waals surface area contributed by atoms with Crippen LogP contribution in [0.5, 0.6) is 0 Å². The van der Waals surface area contributed by atoms with Crippen molar-refractivity contribution in [3.05, 3.63) is 70.5 Å². The number of hydrogen-bond donors (Lipinski definition) is 0. The highest BCUT2D eigenvalue weighted by Crippen LogP contribution is 2.43. The topological polar surface area (TPSA) is 0 Å². The molecule has 0 aromatic heterocycles. The number of rotatable bonds is 3. The molecule has 0 bridgehead atoms. The van der Waals surface area contributed by atoms with Crippen LogP contribution in [0, 0.1) is 5.82 Å².